The van der Waals surface area contributed by atoms with Gasteiger partial charge in [-0.25, -0.2) is 4.98 Å². The highest BCUT2D eigenvalue weighted by Crippen LogP contribution is 2.34. The predicted molar refractivity (Wildman–Crippen MR) is 108 cm³/mol. The minimum atomic E-state index is 0.0723. The van der Waals surface area contributed by atoms with Crippen molar-refractivity contribution in [1.29, 1.82) is 0 Å². The molecule has 0 atom stereocenters. The van der Waals surface area contributed by atoms with Crippen molar-refractivity contribution in [3.8, 4) is 5.75 Å². The molecule has 1 aromatic heterocycles. The molecular weight excluding hydrogens is 414 g/mol. The number of benzene rings is 2. The van der Waals surface area contributed by atoms with E-state index in [9.17, 15) is 4.79 Å². The van der Waals surface area contributed by atoms with Crippen molar-refractivity contribution in [2.75, 3.05) is 38.2 Å². The number of halogens is 1. The number of methoxy groups -OCH3 is 1. The Labute approximate surface area is 164 Å². The van der Waals surface area contributed by atoms with E-state index in [2.05, 4.69) is 26.9 Å². The minimum absolute atomic E-state index is 0.0723. The summed E-state index contributed by atoms with van der Waals surface area (Å²) in [5.41, 5.74) is 1.62. The van der Waals surface area contributed by atoms with Crippen LogP contribution in [0.25, 0.3) is 10.2 Å². The van der Waals surface area contributed by atoms with Crippen LogP contribution in [0.4, 0.5) is 5.13 Å². The number of piperazine rings is 1. The maximum Gasteiger partial charge on any atom is 0.255 e. The maximum absolute atomic E-state index is 12.7. The van der Waals surface area contributed by atoms with Crippen LogP contribution in [0.2, 0.25) is 0 Å². The fourth-order valence-electron chi connectivity index (χ4n) is 3.12. The summed E-state index contributed by atoms with van der Waals surface area (Å²) >= 11 is 5.13. The molecule has 0 spiro atoms. The summed E-state index contributed by atoms with van der Waals surface area (Å²) < 4.78 is 7.36. The van der Waals surface area contributed by atoms with Gasteiger partial charge < -0.3 is 14.5 Å². The van der Waals surface area contributed by atoms with Crippen molar-refractivity contribution in [2.24, 2.45) is 0 Å². The molecule has 2 aromatic carbocycles. The number of fused-ring (bicyclic) bond motifs is 1. The number of carbonyl (C=O) groups excluding carboxylic acids is 1. The normalized spacial score (nSPS) is 14.7. The van der Waals surface area contributed by atoms with Crippen molar-refractivity contribution >= 4 is 48.5 Å². The maximum atomic E-state index is 12.7. The van der Waals surface area contributed by atoms with E-state index in [0.29, 0.717) is 18.7 Å². The molecule has 5 nitrogen and oxygen atoms in total. The van der Waals surface area contributed by atoms with Gasteiger partial charge in [0.25, 0.3) is 5.91 Å². The second-order valence-electron chi connectivity index (χ2n) is 6.06. The summed E-state index contributed by atoms with van der Waals surface area (Å²) in [6.45, 7) is 2.93. The van der Waals surface area contributed by atoms with E-state index in [4.69, 9.17) is 9.72 Å². The molecule has 0 N–H and O–H groups in total. The van der Waals surface area contributed by atoms with Gasteiger partial charge in [-0.15, -0.1) is 0 Å². The lowest BCUT2D eigenvalue weighted by molar-refractivity contribution is 0.0746. The fraction of sp³-hybridized carbons (Fsp3) is 0.263. The van der Waals surface area contributed by atoms with Crippen LogP contribution >= 0.6 is 27.3 Å². The highest BCUT2D eigenvalue weighted by atomic mass is 79.9. The van der Waals surface area contributed by atoms with E-state index in [0.717, 1.165) is 38.7 Å². The van der Waals surface area contributed by atoms with Gasteiger partial charge in [0.2, 0.25) is 0 Å². The average molecular weight is 432 g/mol. The second-order valence-corrected chi connectivity index (χ2v) is 7.93. The van der Waals surface area contributed by atoms with E-state index >= 15 is 0 Å². The molecule has 4 rings (SSSR count). The van der Waals surface area contributed by atoms with E-state index in [1.807, 2.05) is 41.3 Å². The molecule has 0 bridgehead atoms. The average Bonchev–Trinajstić information content (AvgIpc) is 3.12. The number of carbonyl (C=O) groups is 1. The van der Waals surface area contributed by atoms with Gasteiger partial charge in [-0.05, 0) is 40.2 Å². The van der Waals surface area contributed by atoms with E-state index in [-0.39, 0.29) is 5.91 Å². The molecule has 1 aliphatic rings. The van der Waals surface area contributed by atoms with Gasteiger partial charge in [0.1, 0.15) is 11.3 Å². The van der Waals surface area contributed by atoms with E-state index < -0.39 is 0 Å². The molecule has 0 radical (unpaired) electrons. The van der Waals surface area contributed by atoms with Crippen molar-refractivity contribution < 1.29 is 9.53 Å². The molecule has 1 fully saturated rings. The second kappa shape index (κ2) is 7.25. The number of rotatable bonds is 3. The van der Waals surface area contributed by atoms with Crippen molar-refractivity contribution in [2.45, 2.75) is 0 Å². The number of amides is 1. The molecule has 2 heterocycles. The first kappa shape index (κ1) is 17.3. The third kappa shape index (κ3) is 3.17. The van der Waals surface area contributed by atoms with Gasteiger partial charge in [0, 0.05) is 30.7 Å². The Hall–Kier alpha value is -2.12. The summed E-state index contributed by atoms with van der Waals surface area (Å²) in [7, 11) is 1.67. The van der Waals surface area contributed by atoms with Crippen LogP contribution in [-0.4, -0.2) is 49.1 Å². The number of anilines is 1. The standard InChI is InChI=1S/C19H18BrN3O2S/c1-25-15-7-4-8-16-17(15)21-19(26-16)23-11-9-22(10-12-23)18(24)13-5-2-3-6-14(13)20/h2-8H,9-12H2,1H3. The summed E-state index contributed by atoms with van der Waals surface area (Å²) in [5.74, 6) is 0.871. The van der Waals surface area contributed by atoms with Crippen LogP contribution in [0.3, 0.4) is 0 Å². The van der Waals surface area contributed by atoms with Gasteiger partial charge in [-0.1, -0.05) is 29.5 Å². The molecular formula is C19H18BrN3O2S. The molecule has 0 aliphatic carbocycles. The third-order valence-corrected chi connectivity index (χ3v) is 6.31. The van der Waals surface area contributed by atoms with Crippen LogP contribution in [-0.2, 0) is 0 Å². The van der Waals surface area contributed by atoms with Gasteiger partial charge in [0.15, 0.2) is 5.13 Å². The minimum Gasteiger partial charge on any atom is -0.494 e. The molecule has 1 amide bonds. The Kier molecular flexibility index (Phi) is 4.82. The Morgan fingerprint density at radius 2 is 1.88 bits per heavy atom. The zero-order chi connectivity index (χ0) is 18.1. The molecule has 0 saturated carbocycles. The lowest BCUT2D eigenvalue weighted by atomic mass is 10.2. The number of hydrogen-bond acceptors (Lipinski definition) is 5. The topological polar surface area (TPSA) is 45.7 Å². The first-order chi connectivity index (χ1) is 12.7. The predicted octanol–water partition coefficient (Wildman–Crippen LogP) is 4.03. The van der Waals surface area contributed by atoms with E-state index in [1.54, 1.807) is 18.4 Å². The monoisotopic (exact) mass is 431 g/mol. The largest absolute Gasteiger partial charge is 0.494 e. The third-order valence-electron chi connectivity index (χ3n) is 4.53. The van der Waals surface area contributed by atoms with Gasteiger partial charge in [-0.3, -0.25) is 4.79 Å². The molecule has 7 heteroatoms. The zero-order valence-electron chi connectivity index (χ0n) is 14.3. The molecule has 1 aliphatic heterocycles. The Morgan fingerprint density at radius 3 is 2.62 bits per heavy atom. The van der Waals surface area contributed by atoms with Crippen LogP contribution in [0, 0.1) is 0 Å². The number of aromatic nitrogens is 1. The van der Waals surface area contributed by atoms with Crippen molar-refractivity contribution in [3.05, 3.63) is 52.5 Å². The SMILES string of the molecule is COc1cccc2sc(N3CCN(C(=O)c4ccccc4Br)CC3)nc12. The molecule has 26 heavy (non-hydrogen) atoms. The molecule has 3 aromatic rings. The number of ether oxygens (including phenoxy) is 1. The van der Waals surface area contributed by atoms with Crippen LogP contribution < -0.4 is 9.64 Å². The number of thiazole rings is 1. The van der Waals surface area contributed by atoms with Crippen LogP contribution in [0.1, 0.15) is 10.4 Å². The fourth-order valence-corrected chi connectivity index (χ4v) is 4.61. The van der Waals surface area contributed by atoms with Crippen molar-refractivity contribution in [3.63, 3.8) is 0 Å². The zero-order valence-corrected chi connectivity index (χ0v) is 16.7. The number of nitrogens with zero attached hydrogens (tertiary/aromatic N) is 3. The van der Waals surface area contributed by atoms with Gasteiger partial charge >= 0.3 is 0 Å². The van der Waals surface area contributed by atoms with Gasteiger partial charge in [0.05, 0.1) is 17.4 Å². The lowest BCUT2D eigenvalue weighted by Gasteiger charge is -2.34. The van der Waals surface area contributed by atoms with Crippen LogP contribution in [0.5, 0.6) is 5.75 Å². The number of para-hydroxylation sites is 1. The molecule has 0 unspecified atom stereocenters. The highest BCUT2D eigenvalue weighted by molar-refractivity contribution is 9.10. The number of hydrogen-bond donors (Lipinski definition) is 0. The lowest BCUT2D eigenvalue weighted by Crippen LogP contribution is -2.48. The van der Waals surface area contributed by atoms with Crippen molar-refractivity contribution in [1.82, 2.24) is 9.88 Å². The Bertz CT molecular complexity index is 951. The van der Waals surface area contributed by atoms with Crippen LogP contribution in [0.15, 0.2) is 46.9 Å². The summed E-state index contributed by atoms with van der Waals surface area (Å²) in [6, 6.07) is 13.5. The Balaban J connectivity index is 1.49. The summed E-state index contributed by atoms with van der Waals surface area (Å²) in [6.07, 6.45) is 0. The molecule has 1 saturated heterocycles. The van der Waals surface area contributed by atoms with Gasteiger partial charge in [-0.2, -0.15) is 0 Å². The summed E-state index contributed by atoms with van der Waals surface area (Å²) in [4.78, 5) is 21.6. The highest BCUT2D eigenvalue weighted by Gasteiger charge is 2.25. The summed E-state index contributed by atoms with van der Waals surface area (Å²) in [5, 5.41) is 0.984. The smallest absolute Gasteiger partial charge is 0.255 e. The quantitative estimate of drug-likeness (QED) is 0.627. The first-order valence-corrected chi connectivity index (χ1v) is 10.0. The first-order valence-electron chi connectivity index (χ1n) is 8.39. The van der Waals surface area contributed by atoms with E-state index in [1.165, 1.54) is 0 Å². The molecule has 134 valence electrons. The Morgan fingerprint density at radius 1 is 1.12 bits per heavy atom.